The van der Waals surface area contributed by atoms with E-state index in [-0.39, 0.29) is 11.5 Å². The molecule has 1 aliphatic carbocycles. The molecule has 31 heavy (non-hydrogen) atoms. The summed E-state index contributed by atoms with van der Waals surface area (Å²) in [6.07, 6.45) is 2.57. The molecule has 1 fully saturated rings. The third kappa shape index (κ3) is 2.77. The SMILES string of the molecule is COC(=O)c1cc2c3c(c1)nc(-c1cc4ccccc4n1CC1CC1)n3C(C)(C)CO2. The second kappa shape index (κ2) is 6.36. The number of carbonyl (C=O) groups excluding carboxylic acids is 1. The number of aromatic nitrogens is 3. The van der Waals surface area contributed by atoms with Crippen LogP contribution in [0.1, 0.15) is 37.0 Å². The van der Waals surface area contributed by atoms with Crippen molar-refractivity contribution >= 4 is 27.9 Å². The van der Waals surface area contributed by atoms with Crippen molar-refractivity contribution in [1.29, 1.82) is 0 Å². The fraction of sp³-hybridized carbons (Fsp3) is 0.360. The molecule has 6 heteroatoms. The summed E-state index contributed by atoms with van der Waals surface area (Å²) in [5, 5.41) is 1.22. The van der Waals surface area contributed by atoms with Crippen LogP contribution in [0.4, 0.5) is 0 Å². The number of nitrogens with zero attached hydrogens (tertiary/aromatic N) is 3. The predicted molar refractivity (Wildman–Crippen MR) is 120 cm³/mol. The molecule has 4 aromatic rings. The average molecular weight is 415 g/mol. The van der Waals surface area contributed by atoms with E-state index < -0.39 is 0 Å². The number of para-hydroxylation sites is 1. The van der Waals surface area contributed by atoms with Crippen molar-refractivity contribution in [2.45, 2.75) is 38.8 Å². The number of fused-ring (bicyclic) bond motifs is 1. The van der Waals surface area contributed by atoms with Crippen molar-refractivity contribution < 1.29 is 14.3 Å². The lowest BCUT2D eigenvalue weighted by atomic mass is 10.0. The molecule has 0 atom stereocenters. The first kappa shape index (κ1) is 18.5. The van der Waals surface area contributed by atoms with Crippen LogP contribution < -0.4 is 4.74 Å². The van der Waals surface area contributed by atoms with Crippen LogP contribution in [0, 0.1) is 5.92 Å². The van der Waals surface area contributed by atoms with Gasteiger partial charge in [-0.2, -0.15) is 0 Å². The van der Waals surface area contributed by atoms with Crippen molar-refractivity contribution in [3.63, 3.8) is 0 Å². The van der Waals surface area contributed by atoms with E-state index in [1.807, 2.05) is 6.07 Å². The first-order valence-electron chi connectivity index (χ1n) is 10.8. The van der Waals surface area contributed by atoms with Crippen molar-refractivity contribution in [3.8, 4) is 17.3 Å². The van der Waals surface area contributed by atoms with E-state index in [0.717, 1.165) is 35.0 Å². The largest absolute Gasteiger partial charge is 0.489 e. The normalized spacial score (nSPS) is 17.1. The topological polar surface area (TPSA) is 58.3 Å². The molecule has 6 nitrogen and oxygen atoms in total. The number of esters is 1. The van der Waals surface area contributed by atoms with Crippen LogP contribution in [0.5, 0.6) is 5.75 Å². The highest BCUT2D eigenvalue weighted by Gasteiger charge is 2.35. The molecule has 0 amide bonds. The van der Waals surface area contributed by atoms with Gasteiger partial charge in [0, 0.05) is 17.4 Å². The Morgan fingerprint density at radius 3 is 2.81 bits per heavy atom. The average Bonchev–Trinajstić information content (AvgIpc) is 3.38. The van der Waals surface area contributed by atoms with Crippen LogP contribution in [-0.2, 0) is 16.8 Å². The summed E-state index contributed by atoms with van der Waals surface area (Å²) in [6.45, 7) is 5.85. The summed E-state index contributed by atoms with van der Waals surface area (Å²) in [4.78, 5) is 17.3. The number of hydrogen-bond acceptors (Lipinski definition) is 4. The van der Waals surface area contributed by atoms with Gasteiger partial charge in [0.2, 0.25) is 0 Å². The summed E-state index contributed by atoms with van der Waals surface area (Å²) in [7, 11) is 1.39. The molecule has 2 aliphatic rings. The van der Waals surface area contributed by atoms with Gasteiger partial charge in [0.25, 0.3) is 0 Å². The second-order valence-corrected chi connectivity index (χ2v) is 9.35. The van der Waals surface area contributed by atoms with Gasteiger partial charge in [-0.3, -0.25) is 0 Å². The molecule has 1 aliphatic heterocycles. The maximum Gasteiger partial charge on any atom is 0.338 e. The minimum atomic E-state index is -0.384. The Labute approximate surface area is 180 Å². The summed E-state index contributed by atoms with van der Waals surface area (Å²) in [5.74, 6) is 1.95. The highest BCUT2D eigenvalue weighted by molar-refractivity contribution is 5.98. The maximum atomic E-state index is 12.2. The molecule has 2 aromatic carbocycles. The van der Waals surface area contributed by atoms with E-state index in [9.17, 15) is 4.79 Å². The van der Waals surface area contributed by atoms with Crippen LogP contribution in [0.25, 0.3) is 33.5 Å². The molecule has 1 saturated carbocycles. The van der Waals surface area contributed by atoms with Gasteiger partial charge in [-0.15, -0.1) is 0 Å². The van der Waals surface area contributed by atoms with Gasteiger partial charge < -0.3 is 18.6 Å². The number of carbonyl (C=O) groups is 1. The molecule has 6 rings (SSSR count). The van der Waals surface area contributed by atoms with E-state index in [1.165, 1.54) is 30.9 Å². The summed E-state index contributed by atoms with van der Waals surface area (Å²) in [5.41, 5.74) is 4.23. The Morgan fingerprint density at radius 2 is 2.03 bits per heavy atom. The van der Waals surface area contributed by atoms with Crippen LogP contribution >= 0.6 is 0 Å². The number of benzene rings is 2. The van der Waals surface area contributed by atoms with Gasteiger partial charge in [-0.25, -0.2) is 9.78 Å². The zero-order valence-corrected chi connectivity index (χ0v) is 18.0. The second-order valence-electron chi connectivity index (χ2n) is 9.35. The zero-order chi connectivity index (χ0) is 21.3. The summed E-state index contributed by atoms with van der Waals surface area (Å²) < 4.78 is 15.7. The minimum Gasteiger partial charge on any atom is -0.489 e. The number of methoxy groups -OCH3 is 1. The van der Waals surface area contributed by atoms with Gasteiger partial charge in [0.1, 0.15) is 17.9 Å². The Hall–Kier alpha value is -3.28. The minimum absolute atomic E-state index is 0.273. The van der Waals surface area contributed by atoms with Gasteiger partial charge >= 0.3 is 5.97 Å². The smallest absolute Gasteiger partial charge is 0.338 e. The summed E-state index contributed by atoms with van der Waals surface area (Å²) >= 11 is 0. The first-order chi connectivity index (χ1) is 15.0. The standard InChI is InChI=1S/C25H25N3O3/c1-25(2)14-31-21-12-17(24(29)30-3)10-18-22(21)28(25)23(26-18)20-11-16-6-4-5-7-19(16)27(20)13-15-8-9-15/h4-7,10-12,15H,8-9,13-14H2,1-3H3. The fourth-order valence-electron chi connectivity index (χ4n) is 4.75. The fourth-order valence-corrected chi connectivity index (χ4v) is 4.75. The molecule has 158 valence electrons. The van der Waals surface area contributed by atoms with E-state index >= 15 is 0 Å². The van der Waals surface area contributed by atoms with Gasteiger partial charge in [0.15, 0.2) is 5.82 Å². The first-order valence-corrected chi connectivity index (χ1v) is 10.8. The monoisotopic (exact) mass is 415 g/mol. The Morgan fingerprint density at radius 1 is 1.23 bits per heavy atom. The van der Waals surface area contributed by atoms with Crippen molar-refractivity contribution in [1.82, 2.24) is 14.1 Å². The third-order valence-electron chi connectivity index (χ3n) is 6.50. The van der Waals surface area contributed by atoms with E-state index in [0.29, 0.717) is 17.9 Å². The molecular weight excluding hydrogens is 390 g/mol. The lowest BCUT2D eigenvalue weighted by molar-refractivity contribution is 0.0600. The van der Waals surface area contributed by atoms with Crippen LogP contribution in [0.3, 0.4) is 0 Å². The molecule has 2 aromatic heterocycles. The summed E-state index contributed by atoms with van der Waals surface area (Å²) in [6, 6.07) is 14.4. The number of imidazole rings is 1. The Kier molecular flexibility index (Phi) is 3.79. The Bertz CT molecular complexity index is 1360. The van der Waals surface area contributed by atoms with Gasteiger partial charge in [0.05, 0.1) is 29.4 Å². The van der Waals surface area contributed by atoms with Crippen molar-refractivity contribution in [3.05, 3.63) is 48.0 Å². The molecular formula is C25H25N3O3. The molecule has 0 unspecified atom stereocenters. The highest BCUT2D eigenvalue weighted by atomic mass is 16.5. The quantitative estimate of drug-likeness (QED) is 0.441. The van der Waals surface area contributed by atoms with Gasteiger partial charge in [-0.05, 0) is 56.9 Å². The van der Waals surface area contributed by atoms with E-state index in [1.54, 1.807) is 6.07 Å². The third-order valence-corrected chi connectivity index (χ3v) is 6.50. The lowest BCUT2D eigenvalue weighted by Gasteiger charge is -2.34. The zero-order valence-electron chi connectivity index (χ0n) is 18.0. The van der Waals surface area contributed by atoms with E-state index in [4.69, 9.17) is 14.5 Å². The molecule has 0 radical (unpaired) electrons. The van der Waals surface area contributed by atoms with Crippen molar-refractivity contribution in [2.24, 2.45) is 5.92 Å². The van der Waals surface area contributed by atoms with Crippen molar-refractivity contribution in [2.75, 3.05) is 13.7 Å². The number of ether oxygens (including phenoxy) is 2. The van der Waals surface area contributed by atoms with Crippen LogP contribution in [0.15, 0.2) is 42.5 Å². The molecule has 3 heterocycles. The van der Waals surface area contributed by atoms with Crippen LogP contribution in [-0.4, -0.2) is 33.8 Å². The molecule has 0 spiro atoms. The number of rotatable bonds is 4. The maximum absolute atomic E-state index is 12.2. The van der Waals surface area contributed by atoms with Crippen LogP contribution in [0.2, 0.25) is 0 Å². The lowest BCUT2D eigenvalue weighted by Crippen LogP contribution is -2.37. The molecule has 0 saturated heterocycles. The highest BCUT2D eigenvalue weighted by Crippen LogP contribution is 2.42. The number of hydrogen-bond donors (Lipinski definition) is 0. The molecule has 0 N–H and O–H groups in total. The molecule has 0 bridgehead atoms. The predicted octanol–water partition coefficient (Wildman–Crippen LogP) is 4.98. The van der Waals surface area contributed by atoms with Gasteiger partial charge in [-0.1, -0.05) is 18.2 Å². The Balaban J connectivity index is 1.66. The van der Waals surface area contributed by atoms with E-state index in [2.05, 4.69) is 53.3 Å².